The van der Waals surface area contributed by atoms with Gasteiger partial charge in [-0.15, -0.1) is 0 Å². The molecule has 11 heteroatoms. The van der Waals surface area contributed by atoms with Gasteiger partial charge in [-0.1, -0.05) is 30.3 Å². The van der Waals surface area contributed by atoms with Crippen LogP contribution in [0.15, 0.2) is 30.3 Å². The SMILES string of the molecule is CC(=O)OC[C@H]1O[C@H](OCC2CC2)[C@@H](OC(C)=O)[C@](O)(CNC(=O)Cc2ccccc2)[C@H]1OC(C)=O. The van der Waals surface area contributed by atoms with E-state index in [2.05, 4.69) is 5.32 Å². The molecule has 0 unspecified atom stereocenters. The van der Waals surface area contributed by atoms with Gasteiger partial charge in [-0.2, -0.15) is 0 Å². The minimum Gasteiger partial charge on any atom is -0.463 e. The van der Waals surface area contributed by atoms with Crippen LogP contribution in [-0.2, 0) is 49.3 Å². The standard InChI is InChI=1S/C25H33NO10/c1-15(27)32-13-20-22(34-16(2)28)25(31,14-26-21(30)11-18-7-5-4-6-8-18)23(35-17(3)29)24(36-20)33-12-19-9-10-19/h4-8,19-20,22-24,31H,9-14H2,1-3H3,(H,26,30)/t20-,22+,23-,24+,25+/m1/s1. The lowest BCUT2D eigenvalue weighted by Crippen LogP contribution is -2.72. The molecule has 1 heterocycles. The monoisotopic (exact) mass is 507 g/mol. The Bertz CT molecular complexity index is 934. The predicted octanol–water partition coefficient (Wildman–Crippen LogP) is 0.654. The minimum atomic E-state index is -2.17. The van der Waals surface area contributed by atoms with E-state index >= 15 is 0 Å². The molecule has 1 amide bonds. The van der Waals surface area contributed by atoms with Crippen molar-refractivity contribution >= 4 is 23.8 Å². The summed E-state index contributed by atoms with van der Waals surface area (Å²) in [6.45, 7) is 2.94. The third kappa shape index (κ3) is 7.74. The zero-order chi connectivity index (χ0) is 26.3. The molecule has 1 aliphatic heterocycles. The Labute approximate surface area is 209 Å². The molecule has 3 rings (SSSR count). The first-order valence-corrected chi connectivity index (χ1v) is 11.9. The van der Waals surface area contributed by atoms with E-state index in [1.165, 1.54) is 6.92 Å². The van der Waals surface area contributed by atoms with E-state index in [4.69, 9.17) is 23.7 Å². The maximum Gasteiger partial charge on any atom is 0.303 e. The van der Waals surface area contributed by atoms with Crippen molar-refractivity contribution in [3.05, 3.63) is 35.9 Å². The molecular weight excluding hydrogens is 474 g/mol. The van der Waals surface area contributed by atoms with Gasteiger partial charge in [0.25, 0.3) is 0 Å². The van der Waals surface area contributed by atoms with Gasteiger partial charge in [-0.05, 0) is 24.3 Å². The van der Waals surface area contributed by atoms with E-state index in [1.54, 1.807) is 24.3 Å². The Morgan fingerprint density at radius 3 is 2.19 bits per heavy atom. The summed E-state index contributed by atoms with van der Waals surface area (Å²) in [5.74, 6) is -2.22. The van der Waals surface area contributed by atoms with Crippen molar-refractivity contribution in [3.63, 3.8) is 0 Å². The highest BCUT2D eigenvalue weighted by Crippen LogP contribution is 2.37. The maximum atomic E-state index is 12.7. The van der Waals surface area contributed by atoms with E-state index in [1.807, 2.05) is 6.07 Å². The molecule has 0 bridgehead atoms. The van der Waals surface area contributed by atoms with Crippen LogP contribution in [0.2, 0.25) is 0 Å². The van der Waals surface area contributed by atoms with Crippen molar-refractivity contribution in [2.45, 2.75) is 70.2 Å². The Morgan fingerprint density at radius 1 is 0.972 bits per heavy atom. The number of ether oxygens (including phenoxy) is 5. The van der Waals surface area contributed by atoms with Gasteiger partial charge < -0.3 is 34.1 Å². The summed E-state index contributed by atoms with van der Waals surface area (Å²) in [7, 11) is 0. The smallest absolute Gasteiger partial charge is 0.303 e. The van der Waals surface area contributed by atoms with Crippen LogP contribution in [0.25, 0.3) is 0 Å². The van der Waals surface area contributed by atoms with E-state index in [-0.39, 0.29) is 19.6 Å². The zero-order valence-corrected chi connectivity index (χ0v) is 20.6. The molecular formula is C25H33NO10. The van der Waals surface area contributed by atoms with Gasteiger partial charge >= 0.3 is 17.9 Å². The second-order valence-electron chi connectivity index (χ2n) is 9.11. The molecule has 1 aromatic carbocycles. The normalized spacial score (nSPS) is 27.6. The van der Waals surface area contributed by atoms with Crippen LogP contribution in [0, 0.1) is 5.92 Å². The Kier molecular flexibility index (Phi) is 9.41. The lowest BCUT2D eigenvalue weighted by molar-refractivity contribution is -0.334. The molecule has 1 saturated carbocycles. The van der Waals surface area contributed by atoms with Crippen LogP contribution in [0.4, 0.5) is 0 Å². The van der Waals surface area contributed by atoms with Gasteiger partial charge in [-0.3, -0.25) is 19.2 Å². The molecule has 0 spiro atoms. The zero-order valence-electron chi connectivity index (χ0n) is 20.6. The topological polar surface area (TPSA) is 147 Å². The van der Waals surface area contributed by atoms with Crippen molar-refractivity contribution in [1.29, 1.82) is 0 Å². The number of carbonyl (C=O) groups excluding carboxylic acids is 4. The van der Waals surface area contributed by atoms with Crippen LogP contribution < -0.4 is 5.32 Å². The first-order valence-electron chi connectivity index (χ1n) is 11.9. The maximum absolute atomic E-state index is 12.7. The second kappa shape index (κ2) is 12.3. The van der Waals surface area contributed by atoms with Gasteiger partial charge in [0.05, 0.1) is 19.6 Å². The molecule has 2 fully saturated rings. The average molecular weight is 508 g/mol. The van der Waals surface area contributed by atoms with Crippen LogP contribution in [0.5, 0.6) is 0 Å². The molecule has 2 aliphatic rings. The van der Waals surface area contributed by atoms with E-state index in [0.29, 0.717) is 5.92 Å². The molecule has 11 nitrogen and oxygen atoms in total. The molecule has 1 aromatic rings. The summed E-state index contributed by atoms with van der Waals surface area (Å²) < 4.78 is 27.7. The third-order valence-electron chi connectivity index (χ3n) is 5.89. The fourth-order valence-corrected chi connectivity index (χ4v) is 3.98. The van der Waals surface area contributed by atoms with Crippen LogP contribution >= 0.6 is 0 Å². The molecule has 0 aromatic heterocycles. The summed E-state index contributed by atoms with van der Waals surface area (Å²) in [6.07, 6.45) is -3.37. The number of hydrogen-bond acceptors (Lipinski definition) is 10. The number of hydrogen-bond donors (Lipinski definition) is 2. The molecule has 36 heavy (non-hydrogen) atoms. The summed E-state index contributed by atoms with van der Waals surface area (Å²) in [6, 6.07) is 8.98. The highest BCUT2D eigenvalue weighted by atomic mass is 16.7. The number of esters is 3. The number of amides is 1. The number of aliphatic hydroxyl groups is 1. The molecule has 0 radical (unpaired) electrons. The number of rotatable bonds is 11. The fourth-order valence-electron chi connectivity index (χ4n) is 3.98. The van der Waals surface area contributed by atoms with Gasteiger partial charge in [-0.25, -0.2) is 0 Å². The summed E-state index contributed by atoms with van der Waals surface area (Å²) in [4.78, 5) is 48.1. The molecule has 5 atom stereocenters. The molecule has 2 N–H and O–H groups in total. The Morgan fingerprint density at radius 2 is 1.61 bits per heavy atom. The number of carbonyl (C=O) groups is 4. The van der Waals surface area contributed by atoms with Crippen LogP contribution in [0.1, 0.15) is 39.2 Å². The fraction of sp³-hybridized carbons (Fsp3) is 0.600. The summed E-state index contributed by atoms with van der Waals surface area (Å²) in [5.41, 5.74) is -1.42. The average Bonchev–Trinajstić information content (AvgIpc) is 3.64. The summed E-state index contributed by atoms with van der Waals surface area (Å²) >= 11 is 0. The largest absolute Gasteiger partial charge is 0.463 e. The van der Waals surface area contributed by atoms with Crippen LogP contribution in [-0.4, -0.2) is 78.9 Å². The molecule has 1 aliphatic carbocycles. The van der Waals surface area contributed by atoms with Gasteiger partial charge in [0.1, 0.15) is 12.7 Å². The first-order chi connectivity index (χ1) is 17.1. The van der Waals surface area contributed by atoms with Gasteiger partial charge in [0.15, 0.2) is 24.1 Å². The Hall–Kier alpha value is -3.02. The quantitative estimate of drug-likeness (QED) is 0.323. The molecule has 1 saturated heterocycles. The highest BCUT2D eigenvalue weighted by molar-refractivity contribution is 5.78. The lowest BCUT2D eigenvalue weighted by atomic mass is 9.83. The summed E-state index contributed by atoms with van der Waals surface area (Å²) in [5, 5.41) is 14.6. The first kappa shape index (κ1) is 27.6. The van der Waals surface area contributed by atoms with Crippen molar-refractivity contribution in [3.8, 4) is 0 Å². The highest BCUT2D eigenvalue weighted by Gasteiger charge is 2.60. The molecule has 198 valence electrons. The lowest BCUT2D eigenvalue weighted by Gasteiger charge is -2.50. The van der Waals surface area contributed by atoms with E-state index < -0.39 is 60.6 Å². The van der Waals surface area contributed by atoms with Crippen molar-refractivity contribution in [2.24, 2.45) is 5.92 Å². The van der Waals surface area contributed by atoms with Crippen molar-refractivity contribution in [1.82, 2.24) is 5.32 Å². The Balaban J connectivity index is 1.89. The van der Waals surface area contributed by atoms with Crippen molar-refractivity contribution < 1.29 is 48.0 Å². The predicted molar refractivity (Wildman–Crippen MR) is 123 cm³/mol. The third-order valence-corrected chi connectivity index (χ3v) is 5.89. The minimum absolute atomic E-state index is 0.0301. The van der Waals surface area contributed by atoms with E-state index in [0.717, 1.165) is 32.3 Å². The van der Waals surface area contributed by atoms with Crippen molar-refractivity contribution in [2.75, 3.05) is 19.8 Å². The number of benzene rings is 1. The van der Waals surface area contributed by atoms with Gasteiger partial charge in [0.2, 0.25) is 5.91 Å². The van der Waals surface area contributed by atoms with E-state index in [9.17, 15) is 24.3 Å². The second-order valence-corrected chi connectivity index (χ2v) is 9.11. The number of nitrogens with one attached hydrogen (secondary N) is 1. The van der Waals surface area contributed by atoms with Crippen LogP contribution in [0.3, 0.4) is 0 Å². The van der Waals surface area contributed by atoms with Gasteiger partial charge in [0, 0.05) is 20.8 Å².